The Hall–Kier alpha value is -3.86. The lowest BCUT2D eigenvalue weighted by Crippen LogP contribution is -2.37. The van der Waals surface area contributed by atoms with Gasteiger partial charge in [0, 0.05) is 53.9 Å². The molecule has 0 saturated heterocycles. The number of carbonyl (C=O) groups excluding carboxylic acids is 1. The quantitative estimate of drug-likeness (QED) is 0.406. The first-order valence-electron chi connectivity index (χ1n) is 10.2. The van der Waals surface area contributed by atoms with Crippen molar-refractivity contribution >= 4 is 5.97 Å². The molecule has 0 aliphatic rings. The Morgan fingerprint density at radius 2 is 1.16 bits per heavy atom. The molecule has 1 aromatic carbocycles. The molecule has 4 aromatic rings. The van der Waals surface area contributed by atoms with Gasteiger partial charge in [-0.15, -0.1) is 0 Å². The molecule has 0 amide bonds. The molecule has 3 aromatic heterocycles. The predicted octanol–water partition coefficient (Wildman–Crippen LogP) is 4.90. The molecular weight excluding hydrogens is 386 g/mol. The van der Waals surface area contributed by atoms with Crippen LogP contribution in [0, 0.1) is 0 Å². The summed E-state index contributed by atoms with van der Waals surface area (Å²) in [6.45, 7) is 1.99. The van der Waals surface area contributed by atoms with E-state index in [0.29, 0.717) is 6.42 Å². The van der Waals surface area contributed by atoms with Crippen molar-refractivity contribution in [1.82, 2.24) is 15.0 Å². The first-order chi connectivity index (χ1) is 15.3. The summed E-state index contributed by atoms with van der Waals surface area (Å²) in [5.41, 5.74) is 2.18. The van der Waals surface area contributed by atoms with Crippen molar-refractivity contribution in [3.8, 4) is 0 Å². The monoisotopic (exact) mass is 409 g/mol. The summed E-state index contributed by atoms with van der Waals surface area (Å²) in [7, 11) is 0. The Bertz CT molecular complexity index is 1010. The molecule has 154 valence electrons. The Balaban J connectivity index is 1.89. The largest absolute Gasteiger partial charge is 0.444 e. The number of hydrogen-bond acceptors (Lipinski definition) is 5. The number of nitrogens with zero attached hydrogens (tertiary/aromatic N) is 3. The highest BCUT2D eigenvalue weighted by atomic mass is 16.6. The number of benzene rings is 1. The Kier molecular flexibility index (Phi) is 6.13. The van der Waals surface area contributed by atoms with E-state index in [2.05, 4.69) is 15.0 Å². The molecular formula is C26H23N3O2. The maximum Gasteiger partial charge on any atom is 0.314 e. The highest BCUT2D eigenvalue weighted by Gasteiger charge is 2.42. The van der Waals surface area contributed by atoms with Gasteiger partial charge in [0.15, 0.2) is 5.60 Å². The highest BCUT2D eigenvalue weighted by molar-refractivity contribution is 5.79. The van der Waals surface area contributed by atoms with Gasteiger partial charge in [-0.25, -0.2) is 0 Å². The first kappa shape index (κ1) is 20.4. The zero-order chi connectivity index (χ0) is 21.5. The van der Waals surface area contributed by atoms with Gasteiger partial charge in [-0.1, -0.05) is 37.3 Å². The van der Waals surface area contributed by atoms with Crippen LogP contribution in [0.5, 0.6) is 0 Å². The van der Waals surface area contributed by atoms with Crippen molar-refractivity contribution in [3.05, 3.63) is 126 Å². The molecule has 0 bridgehead atoms. The molecule has 0 fully saturated rings. The molecule has 4 rings (SSSR count). The molecule has 0 unspecified atom stereocenters. The van der Waals surface area contributed by atoms with E-state index in [-0.39, 0.29) is 11.9 Å². The predicted molar refractivity (Wildman–Crippen MR) is 118 cm³/mol. The summed E-state index contributed by atoms with van der Waals surface area (Å²) in [6.07, 6.45) is 10.8. The number of pyridine rings is 3. The molecule has 3 heterocycles. The van der Waals surface area contributed by atoms with Crippen LogP contribution < -0.4 is 0 Å². The van der Waals surface area contributed by atoms with Crippen LogP contribution >= 0.6 is 0 Å². The standard InChI is InChI=1S/C26H23N3O2/c1-2-24(20-6-4-3-5-7-20)25(30)31-26(21-8-14-27-15-9-21,22-10-16-28-17-11-22)23-12-18-29-19-13-23/h3-19,24H,2H2,1H3/t24-/m1/s1. The fourth-order valence-corrected chi connectivity index (χ4v) is 3.88. The van der Waals surface area contributed by atoms with Gasteiger partial charge in [0.2, 0.25) is 0 Å². The van der Waals surface area contributed by atoms with Gasteiger partial charge in [-0.2, -0.15) is 0 Å². The summed E-state index contributed by atoms with van der Waals surface area (Å²) < 4.78 is 6.48. The summed E-state index contributed by atoms with van der Waals surface area (Å²) in [5.74, 6) is -0.676. The summed E-state index contributed by atoms with van der Waals surface area (Å²) in [5, 5.41) is 0. The second-order valence-electron chi connectivity index (χ2n) is 7.18. The van der Waals surface area contributed by atoms with Gasteiger partial charge < -0.3 is 4.74 Å². The van der Waals surface area contributed by atoms with E-state index in [4.69, 9.17) is 4.74 Å². The van der Waals surface area contributed by atoms with E-state index in [0.717, 1.165) is 22.3 Å². The SMILES string of the molecule is CC[C@@H](C(=O)OC(c1ccncc1)(c1ccncc1)c1ccncc1)c1ccccc1. The lowest BCUT2D eigenvalue weighted by Gasteiger charge is -2.36. The van der Waals surface area contributed by atoms with E-state index in [1.165, 1.54) is 0 Å². The lowest BCUT2D eigenvalue weighted by atomic mass is 9.81. The maximum atomic E-state index is 13.6. The molecule has 0 spiro atoms. The smallest absolute Gasteiger partial charge is 0.314 e. The van der Waals surface area contributed by atoms with Crippen LogP contribution in [0.4, 0.5) is 0 Å². The van der Waals surface area contributed by atoms with Gasteiger partial charge in [0.05, 0.1) is 5.92 Å². The minimum Gasteiger partial charge on any atom is -0.444 e. The van der Waals surface area contributed by atoms with Crippen LogP contribution in [-0.4, -0.2) is 20.9 Å². The summed E-state index contributed by atoms with van der Waals surface area (Å²) >= 11 is 0. The molecule has 0 aliphatic heterocycles. The van der Waals surface area contributed by atoms with Crippen molar-refractivity contribution in [2.24, 2.45) is 0 Å². The number of rotatable bonds is 7. The van der Waals surface area contributed by atoms with Crippen LogP contribution in [0.2, 0.25) is 0 Å². The molecule has 0 N–H and O–H groups in total. The lowest BCUT2D eigenvalue weighted by molar-refractivity contribution is -0.155. The van der Waals surface area contributed by atoms with Gasteiger partial charge in [-0.3, -0.25) is 19.7 Å². The van der Waals surface area contributed by atoms with Gasteiger partial charge >= 0.3 is 5.97 Å². The number of carbonyl (C=O) groups is 1. The highest BCUT2D eigenvalue weighted by Crippen LogP contribution is 2.41. The molecule has 5 nitrogen and oxygen atoms in total. The number of esters is 1. The third kappa shape index (κ3) is 4.08. The van der Waals surface area contributed by atoms with Crippen LogP contribution in [-0.2, 0) is 15.1 Å². The van der Waals surface area contributed by atoms with Crippen LogP contribution in [0.3, 0.4) is 0 Å². The van der Waals surface area contributed by atoms with E-state index in [9.17, 15) is 4.79 Å². The zero-order valence-corrected chi connectivity index (χ0v) is 17.3. The fraction of sp³-hybridized carbons (Fsp3) is 0.154. The molecule has 5 heteroatoms. The Morgan fingerprint density at radius 1 is 0.742 bits per heavy atom. The average Bonchev–Trinajstić information content (AvgIpc) is 2.85. The van der Waals surface area contributed by atoms with E-state index < -0.39 is 5.60 Å². The Labute approximate surface area is 181 Å². The van der Waals surface area contributed by atoms with Crippen LogP contribution in [0.15, 0.2) is 104 Å². The topological polar surface area (TPSA) is 65.0 Å². The second-order valence-corrected chi connectivity index (χ2v) is 7.18. The van der Waals surface area contributed by atoms with E-state index in [1.807, 2.05) is 73.7 Å². The molecule has 0 saturated carbocycles. The summed E-state index contributed by atoms with van der Waals surface area (Å²) in [6, 6.07) is 21.0. The van der Waals surface area contributed by atoms with Crippen molar-refractivity contribution in [3.63, 3.8) is 0 Å². The number of hydrogen-bond donors (Lipinski definition) is 0. The van der Waals surface area contributed by atoms with Crippen molar-refractivity contribution in [2.75, 3.05) is 0 Å². The first-order valence-corrected chi connectivity index (χ1v) is 10.2. The fourth-order valence-electron chi connectivity index (χ4n) is 3.88. The van der Waals surface area contributed by atoms with Gasteiger partial charge in [0.25, 0.3) is 0 Å². The molecule has 31 heavy (non-hydrogen) atoms. The third-order valence-electron chi connectivity index (χ3n) is 5.41. The zero-order valence-electron chi connectivity index (χ0n) is 17.3. The minimum absolute atomic E-state index is 0.292. The van der Waals surface area contributed by atoms with E-state index in [1.54, 1.807) is 37.2 Å². The molecule has 1 atom stereocenters. The number of ether oxygens (including phenoxy) is 1. The van der Waals surface area contributed by atoms with Crippen LogP contribution in [0.1, 0.15) is 41.5 Å². The normalized spacial score (nSPS) is 12.2. The molecule has 0 aliphatic carbocycles. The van der Waals surface area contributed by atoms with Gasteiger partial charge in [-0.05, 0) is 48.4 Å². The van der Waals surface area contributed by atoms with Gasteiger partial charge in [0.1, 0.15) is 0 Å². The van der Waals surface area contributed by atoms with Crippen molar-refractivity contribution in [2.45, 2.75) is 24.9 Å². The second kappa shape index (κ2) is 9.30. The van der Waals surface area contributed by atoms with Crippen molar-refractivity contribution < 1.29 is 9.53 Å². The van der Waals surface area contributed by atoms with Crippen molar-refractivity contribution in [1.29, 1.82) is 0 Å². The maximum absolute atomic E-state index is 13.6. The third-order valence-corrected chi connectivity index (χ3v) is 5.41. The Morgan fingerprint density at radius 3 is 1.55 bits per heavy atom. The van der Waals surface area contributed by atoms with E-state index >= 15 is 0 Å². The average molecular weight is 409 g/mol. The van der Waals surface area contributed by atoms with Crippen LogP contribution in [0.25, 0.3) is 0 Å². The minimum atomic E-state index is -1.16. The summed E-state index contributed by atoms with van der Waals surface area (Å²) in [4.78, 5) is 26.1. The molecule has 0 radical (unpaired) electrons. The number of aromatic nitrogens is 3.